The van der Waals surface area contributed by atoms with Crippen molar-refractivity contribution in [3.8, 4) is 10.4 Å². The predicted molar refractivity (Wildman–Crippen MR) is 119 cm³/mol. The van der Waals surface area contributed by atoms with E-state index < -0.39 is 5.60 Å². The minimum atomic E-state index is -0.527. The number of nitrogens with zero attached hydrogens (tertiary/aromatic N) is 3. The Bertz CT molecular complexity index is 1060. The average molecular weight is 450 g/mol. The monoisotopic (exact) mass is 449 g/mol. The van der Waals surface area contributed by atoms with Crippen molar-refractivity contribution in [2.24, 2.45) is 7.05 Å². The van der Waals surface area contributed by atoms with E-state index in [2.05, 4.69) is 28.8 Å². The summed E-state index contributed by atoms with van der Waals surface area (Å²) < 4.78 is 8.24. The number of hydrogen-bond donors (Lipinski definition) is 0. The highest BCUT2D eigenvalue weighted by Crippen LogP contribution is 2.45. The average Bonchev–Trinajstić information content (AvgIpc) is 3.29. The summed E-state index contributed by atoms with van der Waals surface area (Å²) in [5.41, 5.74) is 4.02. The maximum Gasteiger partial charge on any atom is 0.410 e. The third kappa shape index (κ3) is 4.09. The fourth-order valence-corrected chi connectivity index (χ4v) is 6.13. The molecule has 0 saturated heterocycles. The van der Waals surface area contributed by atoms with Crippen LogP contribution in [0.1, 0.15) is 48.4 Å². The largest absolute Gasteiger partial charge is 0.444 e. The van der Waals surface area contributed by atoms with Crippen LogP contribution in [-0.4, -0.2) is 32.9 Å². The second-order valence-electron chi connectivity index (χ2n) is 8.35. The zero-order valence-corrected chi connectivity index (χ0v) is 19.5. The molecule has 0 radical (unpaired) electrons. The molecule has 0 aliphatic carbocycles. The number of ether oxygens (including phenoxy) is 1. The first-order valence-electron chi connectivity index (χ1n) is 9.46. The Hall–Kier alpha value is -1.83. The summed E-state index contributed by atoms with van der Waals surface area (Å²) in [5, 5.41) is 6.61. The maximum atomic E-state index is 12.8. The summed E-state index contributed by atoms with van der Waals surface area (Å²) in [7, 11) is 1.94. The summed E-state index contributed by atoms with van der Waals surface area (Å²) in [6, 6.07) is 4.21. The van der Waals surface area contributed by atoms with Gasteiger partial charge in [0.25, 0.3) is 0 Å². The first kappa shape index (κ1) is 20.4. The molecule has 0 fully saturated rings. The molecule has 1 atom stereocenters. The Morgan fingerprint density at radius 3 is 2.76 bits per heavy atom. The highest BCUT2D eigenvalue weighted by Gasteiger charge is 2.35. The van der Waals surface area contributed by atoms with Crippen molar-refractivity contribution < 1.29 is 9.53 Å². The van der Waals surface area contributed by atoms with Crippen LogP contribution in [0.25, 0.3) is 10.4 Å². The number of hydrogen-bond acceptors (Lipinski definition) is 5. The number of aromatic nitrogens is 2. The highest BCUT2D eigenvalue weighted by molar-refractivity contribution is 7.16. The van der Waals surface area contributed by atoms with E-state index >= 15 is 0 Å². The van der Waals surface area contributed by atoms with Crippen molar-refractivity contribution in [1.82, 2.24) is 14.7 Å². The molecule has 0 bridgehead atoms. The van der Waals surface area contributed by atoms with Crippen LogP contribution in [0.4, 0.5) is 4.79 Å². The number of carbonyl (C=O) groups excluding carboxylic acids is 1. The van der Waals surface area contributed by atoms with Crippen LogP contribution in [0.3, 0.4) is 0 Å². The molecule has 0 spiro atoms. The van der Waals surface area contributed by atoms with Crippen LogP contribution in [-0.2, 0) is 18.3 Å². The molecule has 0 N–H and O–H groups in total. The Morgan fingerprint density at radius 2 is 2.10 bits per heavy atom. The lowest BCUT2D eigenvalue weighted by Gasteiger charge is -2.34. The van der Waals surface area contributed by atoms with Crippen molar-refractivity contribution in [2.45, 2.75) is 45.8 Å². The van der Waals surface area contributed by atoms with E-state index in [0.29, 0.717) is 13.1 Å². The van der Waals surface area contributed by atoms with Gasteiger partial charge in [-0.25, -0.2) is 4.79 Å². The molecule has 1 unspecified atom stereocenters. The van der Waals surface area contributed by atoms with Gasteiger partial charge in [-0.3, -0.25) is 4.68 Å². The molecule has 3 aromatic heterocycles. The van der Waals surface area contributed by atoms with Gasteiger partial charge in [-0.1, -0.05) is 11.6 Å². The molecule has 154 valence electrons. The summed E-state index contributed by atoms with van der Waals surface area (Å²) in [6.07, 6.45) is 1.77. The number of amides is 1. The number of rotatable bonds is 2. The number of aryl methyl sites for hydroxylation is 2. The van der Waals surface area contributed by atoms with Gasteiger partial charge in [0.15, 0.2) is 0 Å². The number of fused-ring (bicyclic) bond motifs is 1. The molecule has 1 amide bonds. The van der Waals surface area contributed by atoms with Gasteiger partial charge in [-0.15, -0.1) is 22.7 Å². The zero-order chi connectivity index (χ0) is 20.9. The van der Waals surface area contributed by atoms with E-state index in [9.17, 15) is 4.79 Å². The van der Waals surface area contributed by atoms with Gasteiger partial charge in [0, 0.05) is 41.0 Å². The van der Waals surface area contributed by atoms with Gasteiger partial charge in [0.1, 0.15) is 5.60 Å². The maximum absolute atomic E-state index is 12.8. The number of halogens is 1. The first-order valence-corrected chi connectivity index (χ1v) is 11.5. The van der Waals surface area contributed by atoms with E-state index in [-0.39, 0.29) is 12.0 Å². The van der Waals surface area contributed by atoms with Crippen molar-refractivity contribution in [1.29, 1.82) is 0 Å². The lowest BCUT2D eigenvalue weighted by molar-refractivity contribution is 0.0216. The van der Waals surface area contributed by atoms with Gasteiger partial charge in [0.2, 0.25) is 0 Å². The molecule has 5 nitrogen and oxygen atoms in total. The van der Waals surface area contributed by atoms with E-state index in [0.717, 1.165) is 20.5 Å². The zero-order valence-electron chi connectivity index (χ0n) is 17.2. The molecular weight excluding hydrogens is 426 g/mol. The smallest absolute Gasteiger partial charge is 0.410 e. The van der Waals surface area contributed by atoms with Crippen LogP contribution in [0.5, 0.6) is 0 Å². The Balaban J connectivity index is 1.74. The lowest BCUT2D eigenvalue weighted by Crippen LogP contribution is -2.41. The summed E-state index contributed by atoms with van der Waals surface area (Å²) in [4.78, 5) is 16.9. The van der Waals surface area contributed by atoms with E-state index in [1.165, 1.54) is 16.0 Å². The van der Waals surface area contributed by atoms with Crippen molar-refractivity contribution >= 4 is 40.4 Å². The third-order valence-electron chi connectivity index (χ3n) is 4.91. The first-order chi connectivity index (χ1) is 13.6. The second-order valence-corrected chi connectivity index (χ2v) is 11.0. The molecule has 1 aliphatic heterocycles. The van der Waals surface area contributed by atoms with Gasteiger partial charge in [-0.05, 0) is 56.3 Å². The van der Waals surface area contributed by atoms with Gasteiger partial charge in [0.05, 0.1) is 16.6 Å². The van der Waals surface area contributed by atoms with Crippen LogP contribution >= 0.6 is 34.3 Å². The molecule has 4 rings (SSSR count). The predicted octanol–water partition coefficient (Wildman–Crippen LogP) is 6.05. The lowest BCUT2D eigenvalue weighted by atomic mass is 9.88. The van der Waals surface area contributed by atoms with E-state index in [4.69, 9.17) is 16.3 Å². The molecule has 0 saturated carbocycles. The quantitative estimate of drug-likeness (QED) is 0.478. The molecule has 8 heteroatoms. The minimum absolute atomic E-state index is 0.0517. The molecule has 3 aromatic rings. The molecule has 4 heterocycles. The normalized spacial score (nSPS) is 16.8. The fourth-order valence-electron chi connectivity index (χ4n) is 3.75. The summed E-state index contributed by atoms with van der Waals surface area (Å²) >= 11 is 9.62. The van der Waals surface area contributed by atoms with E-state index in [1.54, 1.807) is 27.6 Å². The SMILES string of the molecule is Cc1nn(C)cc1-c1sccc1C1CN(C(=O)OC(C)(C)C)Cc2sc(Cl)cc21. The molecule has 0 aromatic carbocycles. The summed E-state index contributed by atoms with van der Waals surface area (Å²) in [6.45, 7) is 8.80. The standard InChI is InChI=1S/C21H24ClN3O2S2/c1-12-15(9-24(5)23-12)19-13(6-7-28-19)16-10-25(20(26)27-21(2,3)4)11-17-14(16)8-18(22)29-17/h6-9,16H,10-11H2,1-5H3. The Morgan fingerprint density at radius 1 is 1.34 bits per heavy atom. The van der Waals surface area contributed by atoms with Gasteiger partial charge >= 0.3 is 6.09 Å². The van der Waals surface area contributed by atoms with Gasteiger partial charge < -0.3 is 9.64 Å². The van der Waals surface area contributed by atoms with Crippen molar-refractivity contribution in [2.75, 3.05) is 6.54 Å². The summed E-state index contributed by atoms with van der Waals surface area (Å²) in [5.74, 6) is 0.0517. The Kier molecular flexibility index (Phi) is 5.25. The molecule has 1 aliphatic rings. The van der Waals surface area contributed by atoms with Crippen molar-refractivity contribution in [3.63, 3.8) is 0 Å². The highest BCUT2D eigenvalue weighted by atomic mass is 35.5. The van der Waals surface area contributed by atoms with E-state index in [1.807, 2.05) is 39.4 Å². The van der Waals surface area contributed by atoms with Crippen LogP contribution in [0.2, 0.25) is 4.34 Å². The van der Waals surface area contributed by atoms with Crippen molar-refractivity contribution in [3.05, 3.63) is 49.7 Å². The number of carbonyl (C=O) groups is 1. The minimum Gasteiger partial charge on any atom is -0.444 e. The van der Waals surface area contributed by atoms with Crippen LogP contribution in [0.15, 0.2) is 23.7 Å². The second kappa shape index (κ2) is 7.45. The molecular formula is C21H24ClN3O2S2. The van der Waals surface area contributed by atoms with Gasteiger partial charge in [-0.2, -0.15) is 5.10 Å². The topological polar surface area (TPSA) is 47.4 Å². The fraction of sp³-hybridized carbons (Fsp3) is 0.429. The van der Waals surface area contributed by atoms with Crippen LogP contribution in [0, 0.1) is 6.92 Å². The molecule has 29 heavy (non-hydrogen) atoms. The Labute approximate surface area is 183 Å². The van der Waals surface area contributed by atoms with Crippen LogP contribution < -0.4 is 0 Å². The number of thiophene rings is 2. The third-order valence-corrected chi connectivity index (χ3v) is 7.13.